The van der Waals surface area contributed by atoms with Crippen molar-refractivity contribution in [3.8, 4) is 11.5 Å². The maximum absolute atomic E-state index is 14.3. The van der Waals surface area contributed by atoms with E-state index in [4.69, 9.17) is 9.47 Å². The number of nitro groups is 1. The first-order chi connectivity index (χ1) is 21.5. The van der Waals surface area contributed by atoms with E-state index in [2.05, 4.69) is 4.90 Å². The van der Waals surface area contributed by atoms with Crippen LogP contribution >= 0.6 is 0 Å². The third-order valence-corrected chi connectivity index (χ3v) is 7.70. The summed E-state index contributed by atoms with van der Waals surface area (Å²) in [5.41, 5.74) is 4.61. The lowest BCUT2D eigenvalue weighted by Crippen LogP contribution is -2.48. The smallest absolute Gasteiger partial charge is 0.270 e. The molecule has 0 unspecified atom stereocenters. The maximum atomic E-state index is 14.3. The van der Waals surface area contributed by atoms with Crippen molar-refractivity contribution in [3.05, 3.63) is 165 Å². The van der Waals surface area contributed by atoms with Crippen molar-refractivity contribution in [2.45, 2.75) is 25.9 Å². The molecule has 0 aromatic heterocycles. The van der Waals surface area contributed by atoms with Gasteiger partial charge in [0.2, 0.25) is 0 Å². The second-order valence-electron chi connectivity index (χ2n) is 10.5. The lowest BCUT2D eigenvalue weighted by atomic mass is 9.98. The first-order valence-corrected chi connectivity index (χ1v) is 14.3. The molecule has 0 bridgehead atoms. The number of non-ortho nitro benzene ring substituents is 1. The second-order valence-corrected chi connectivity index (χ2v) is 10.5. The quantitative estimate of drug-likeness (QED) is 0.124. The lowest BCUT2D eigenvalue weighted by molar-refractivity contribution is -0.384. The van der Waals surface area contributed by atoms with Crippen LogP contribution in [0, 0.1) is 10.1 Å². The van der Waals surface area contributed by atoms with Gasteiger partial charge in [0.25, 0.3) is 11.6 Å². The number of carbonyl (C=O) groups is 1. The monoisotopic (exact) mass is 585 g/mol. The van der Waals surface area contributed by atoms with E-state index in [0.29, 0.717) is 36.9 Å². The van der Waals surface area contributed by atoms with Crippen molar-refractivity contribution in [1.29, 1.82) is 0 Å². The number of amides is 1. The van der Waals surface area contributed by atoms with Crippen molar-refractivity contribution in [2.75, 3.05) is 12.0 Å². The number of nitrogens with zero attached hydrogens (tertiary/aromatic N) is 3. The summed E-state index contributed by atoms with van der Waals surface area (Å²) in [6.07, 6.45) is -0.547. The third kappa shape index (κ3) is 5.96. The van der Waals surface area contributed by atoms with Crippen LogP contribution in [0.2, 0.25) is 0 Å². The Kier molecular flexibility index (Phi) is 8.23. The number of carbonyl (C=O) groups excluding carboxylic acids is 1. The Morgan fingerprint density at radius 2 is 1.30 bits per heavy atom. The predicted molar refractivity (Wildman–Crippen MR) is 169 cm³/mol. The first kappa shape index (κ1) is 28.5. The highest BCUT2D eigenvalue weighted by Crippen LogP contribution is 2.43. The first-order valence-electron chi connectivity index (χ1n) is 14.3. The molecule has 5 aromatic carbocycles. The Morgan fingerprint density at radius 1 is 0.705 bits per heavy atom. The van der Waals surface area contributed by atoms with Gasteiger partial charge in [0, 0.05) is 25.2 Å². The van der Waals surface area contributed by atoms with E-state index >= 15 is 0 Å². The normalized spacial score (nSPS) is 14.2. The van der Waals surface area contributed by atoms with E-state index in [1.54, 1.807) is 18.1 Å². The van der Waals surface area contributed by atoms with Crippen molar-refractivity contribution in [3.63, 3.8) is 0 Å². The number of ether oxygens (including phenoxy) is 2. The average molecular weight is 586 g/mol. The molecule has 8 heteroatoms. The zero-order chi connectivity index (χ0) is 30.5. The fourth-order valence-electron chi connectivity index (χ4n) is 5.57. The highest BCUT2D eigenvalue weighted by atomic mass is 16.6. The Labute approximate surface area is 255 Å². The van der Waals surface area contributed by atoms with Crippen LogP contribution in [0.1, 0.15) is 38.8 Å². The highest BCUT2D eigenvalue weighted by Gasteiger charge is 2.40. The molecule has 0 aliphatic carbocycles. The fraction of sp³-hybridized carbons (Fsp3) is 0.139. The molecule has 1 amide bonds. The summed E-state index contributed by atoms with van der Waals surface area (Å²) in [5.74, 6) is 0.840. The van der Waals surface area contributed by atoms with E-state index < -0.39 is 11.1 Å². The van der Waals surface area contributed by atoms with Crippen molar-refractivity contribution in [1.82, 2.24) is 4.90 Å². The summed E-state index contributed by atoms with van der Waals surface area (Å²) < 4.78 is 11.9. The van der Waals surface area contributed by atoms with Crippen LogP contribution in [-0.2, 0) is 19.7 Å². The number of rotatable bonds is 10. The van der Waals surface area contributed by atoms with Crippen molar-refractivity contribution in [2.24, 2.45) is 0 Å². The third-order valence-electron chi connectivity index (χ3n) is 7.70. The van der Waals surface area contributed by atoms with Gasteiger partial charge in [0.05, 0.1) is 23.3 Å². The molecule has 1 atom stereocenters. The van der Waals surface area contributed by atoms with Gasteiger partial charge in [-0.1, -0.05) is 97.1 Å². The number of anilines is 1. The van der Waals surface area contributed by atoms with Gasteiger partial charge in [-0.05, 0) is 40.5 Å². The minimum atomic E-state index is -0.547. The molecule has 1 aliphatic rings. The maximum Gasteiger partial charge on any atom is 0.270 e. The molecule has 0 fully saturated rings. The summed E-state index contributed by atoms with van der Waals surface area (Å²) in [5, 5.41) is 11.7. The molecule has 0 radical (unpaired) electrons. The molecule has 0 spiro atoms. The van der Waals surface area contributed by atoms with Crippen molar-refractivity contribution < 1.29 is 19.2 Å². The summed E-state index contributed by atoms with van der Waals surface area (Å²) in [4.78, 5) is 29.4. The summed E-state index contributed by atoms with van der Waals surface area (Å²) in [7, 11) is 1.60. The van der Waals surface area contributed by atoms with Crippen LogP contribution in [0.3, 0.4) is 0 Å². The second kappa shape index (κ2) is 12.7. The number of hydrogen-bond acceptors (Lipinski definition) is 6. The van der Waals surface area contributed by atoms with Gasteiger partial charge >= 0.3 is 0 Å². The zero-order valence-corrected chi connectivity index (χ0v) is 24.2. The molecule has 44 heavy (non-hydrogen) atoms. The Bertz CT molecular complexity index is 1760. The van der Waals surface area contributed by atoms with Crippen LogP contribution in [0.25, 0.3) is 0 Å². The highest BCUT2D eigenvalue weighted by molar-refractivity contribution is 6.02. The SMILES string of the molecule is COc1cc([C@H]2N(Cc3ccccc3)C(=O)c3cc([N+](=O)[O-])ccc3N2Cc2ccccc2)ccc1OCc1ccccc1. The van der Waals surface area contributed by atoms with Gasteiger partial charge in [0.15, 0.2) is 11.5 Å². The van der Waals surface area contributed by atoms with E-state index in [9.17, 15) is 14.9 Å². The molecule has 220 valence electrons. The minimum absolute atomic E-state index is 0.128. The molecular formula is C36H31N3O5. The molecule has 0 saturated heterocycles. The number of benzene rings is 5. The van der Waals surface area contributed by atoms with Crippen LogP contribution in [-0.4, -0.2) is 22.8 Å². The molecule has 1 heterocycles. The average Bonchev–Trinajstić information content (AvgIpc) is 3.07. The van der Waals surface area contributed by atoms with Crippen LogP contribution in [0.4, 0.5) is 11.4 Å². The number of methoxy groups -OCH3 is 1. The summed E-state index contributed by atoms with van der Waals surface area (Å²) >= 11 is 0. The van der Waals surface area contributed by atoms with E-state index in [1.807, 2.05) is 109 Å². The lowest BCUT2D eigenvalue weighted by Gasteiger charge is -2.46. The van der Waals surface area contributed by atoms with Crippen LogP contribution < -0.4 is 14.4 Å². The molecule has 1 aliphatic heterocycles. The van der Waals surface area contributed by atoms with Gasteiger partial charge < -0.3 is 19.3 Å². The van der Waals surface area contributed by atoms with Crippen LogP contribution in [0.15, 0.2) is 127 Å². The minimum Gasteiger partial charge on any atom is -0.493 e. The molecule has 0 N–H and O–H groups in total. The van der Waals surface area contributed by atoms with Gasteiger partial charge in [-0.15, -0.1) is 0 Å². The standard InChI is InChI=1S/C36H31N3O5/c1-43-34-21-29(17-20-33(34)44-25-28-15-9-4-10-16-28)35-37(23-26-11-5-2-6-12-26)32-19-18-30(39(41)42)22-31(32)36(40)38(35)24-27-13-7-3-8-14-27/h2-22,35H,23-25H2,1H3/t35-/m1/s1. The summed E-state index contributed by atoms with van der Waals surface area (Å²) in [6, 6.07) is 39.8. The van der Waals surface area contributed by atoms with E-state index in [1.165, 1.54) is 12.1 Å². The van der Waals surface area contributed by atoms with Gasteiger partial charge in [-0.25, -0.2) is 0 Å². The topological polar surface area (TPSA) is 85.1 Å². The molecule has 8 nitrogen and oxygen atoms in total. The Balaban J connectivity index is 1.46. The summed E-state index contributed by atoms with van der Waals surface area (Å²) in [6.45, 7) is 1.14. The fourth-order valence-corrected chi connectivity index (χ4v) is 5.57. The number of hydrogen-bond donors (Lipinski definition) is 0. The number of nitro benzene ring substituents is 1. The molecule has 5 aromatic rings. The Hall–Kier alpha value is -5.63. The van der Waals surface area contributed by atoms with E-state index in [0.717, 1.165) is 22.3 Å². The molecule has 0 saturated carbocycles. The molecule has 6 rings (SSSR count). The van der Waals surface area contributed by atoms with Crippen LogP contribution in [0.5, 0.6) is 11.5 Å². The van der Waals surface area contributed by atoms with Gasteiger partial charge in [-0.3, -0.25) is 14.9 Å². The van der Waals surface area contributed by atoms with E-state index in [-0.39, 0.29) is 17.2 Å². The zero-order valence-electron chi connectivity index (χ0n) is 24.2. The van der Waals surface area contributed by atoms with Gasteiger partial charge in [0.1, 0.15) is 12.8 Å². The number of fused-ring (bicyclic) bond motifs is 1. The van der Waals surface area contributed by atoms with Crippen molar-refractivity contribution >= 4 is 17.3 Å². The Morgan fingerprint density at radius 3 is 1.89 bits per heavy atom. The predicted octanol–water partition coefficient (Wildman–Crippen LogP) is 7.54. The largest absolute Gasteiger partial charge is 0.493 e. The molecular weight excluding hydrogens is 554 g/mol. The van der Waals surface area contributed by atoms with Gasteiger partial charge in [-0.2, -0.15) is 0 Å².